The summed E-state index contributed by atoms with van der Waals surface area (Å²) >= 11 is 0. The van der Waals surface area contributed by atoms with Gasteiger partial charge in [-0.05, 0) is 0 Å². The average molecular weight is 525 g/mol. The Kier molecular flexibility index (Phi) is 357. The Bertz CT molecular complexity index is 7.64. The maximum Gasteiger partial charge on any atom is 0 e. The molecule has 14 radical (unpaired) electrons. The Morgan fingerprint density at radius 3 is 0.250 bits per heavy atom. The van der Waals surface area contributed by atoms with E-state index in [0.717, 1.165) is 0 Å². The van der Waals surface area contributed by atoms with E-state index in [-0.39, 0.29) is 216 Å². The monoisotopic (exact) mass is 525 g/mol. The number of rotatable bonds is 0. The van der Waals surface area contributed by atoms with Crippen LogP contribution < -0.4 is 0 Å². The summed E-state index contributed by atoms with van der Waals surface area (Å²) < 4.78 is 0. The maximum absolute atomic E-state index is 0. The van der Waals surface area contributed by atoms with E-state index < -0.39 is 0 Å². The first-order valence-electron chi connectivity index (χ1n) is 0. The van der Waals surface area contributed by atoms with Gasteiger partial charge in [-0.1, -0.05) is 0 Å². The molecule has 0 saturated heterocycles. The van der Waals surface area contributed by atoms with E-state index >= 15 is 0 Å². The smallest absolute Gasteiger partial charge is 0 e. The Hall–Kier alpha value is 7.12. The van der Waals surface area contributed by atoms with Crippen molar-refractivity contribution in [3.63, 3.8) is 0 Å². The van der Waals surface area contributed by atoms with Gasteiger partial charge >= 0.3 is 0 Å². The zero-order chi connectivity index (χ0) is 0. The molecule has 8 heteroatoms. The predicted octanol–water partition coefficient (Wildman–Crippen LogP) is -1.15. The molecule has 0 aliphatic rings. The predicted molar refractivity (Wildman–Crippen MR) is 17.3 cm³/mol. The SMILES string of the molecule is [Al].[Al].[Al].[Y].[Y].[Y].[Y].[Y]. The van der Waals surface area contributed by atoms with Crippen molar-refractivity contribution >= 4 is 52.1 Å². The zero-order valence-electron chi connectivity index (χ0n) is 4.62. The Morgan fingerprint density at radius 2 is 0.250 bits per heavy atom. The van der Waals surface area contributed by atoms with Crippen molar-refractivity contribution in [3.05, 3.63) is 0 Å². The summed E-state index contributed by atoms with van der Waals surface area (Å²) in [6, 6.07) is 0. The summed E-state index contributed by atoms with van der Waals surface area (Å²) in [6.07, 6.45) is 0. The van der Waals surface area contributed by atoms with Crippen molar-refractivity contribution in [3.8, 4) is 0 Å². The fraction of sp³-hybridized carbons (Fsp3) is 0. The second kappa shape index (κ2) is 48.0. The van der Waals surface area contributed by atoms with E-state index in [1.807, 2.05) is 0 Å². The Balaban J connectivity index is 0. The second-order valence-corrected chi connectivity index (χ2v) is 0. The van der Waals surface area contributed by atoms with Crippen LogP contribution in [-0.2, 0) is 164 Å². The van der Waals surface area contributed by atoms with Crippen LogP contribution in [0.5, 0.6) is 0 Å². The summed E-state index contributed by atoms with van der Waals surface area (Å²) in [7, 11) is 0. The molecule has 0 spiro atoms. The third kappa shape index (κ3) is 38.0. The molecule has 0 fully saturated rings. The molecule has 0 aromatic carbocycles. The second-order valence-electron chi connectivity index (χ2n) is 0. The molecule has 24 valence electrons. The molecule has 0 N–H and O–H groups in total. The van der Waals surface area contributed by atoms with Crippen molar-refractivity contribution in [2.24, 2.45) is 0 Å². The van der Waals surface area contributed by atoms with Gasteiger partial charge in [0.05, 0.1) is 0 Å². The van der Waals surface area contributed by atoms with Crippen molar-refractivity contribution in [2.75, 3.05) is 0 Å². The average Bonchev–Trinajstić information content (AvgIpc) is 0. The minimum absolute atomic E-state index is 0. The standard InChI is InChI=1S/3Al.5Y. The van der Waals surface area contributed by atoms with Crippen LogP contribution >= 0.6 is 0 Å². The molecule has 0 heterocycles. The molecule has 0 aromatic heterocycles. The molecule has 0 aliphatic carbocycles. The summed E-state index contributed by atoms with van der Waals surface area (Å²) in [6.45, 7) is 0. The van der Waals surface area contributed by atoms with Crippen LogP contribution in [0.4, 0.5) is 0 Å². The normalized spacial score (nSPS) is 0. The molecule has 0 saturated carbocycles. The maximum atomic E-state index is 0. The van der Waals surface area contributed by atoms with E-state index in [2.05, 4.69) is 0 Å². The summed E-state index contributed by atoms with van der Waals surface area (Å²) in [5.74, 6) is 0. The molecule has 8 heavy (non-hydrogen) atoms. The van der Waals surface area contributed by atoms with Gasteiger partial charge in [0.1, 0.15) is 0 Å². The van der Waals surface area contributed by atoms with Crippen LogP contribution in [0.25, 0.3) is 0 Å². The van der Waals surface area contributed by atoms with Crippen molar-refractivity contribution < 1.29 is 164 Å². The van der Waals surface area contributed by atoms with Gasteiger partial charge in [-0.3, -0.25) is 0 Å². The first-order chi connectivity index (χ1) is 0. The summed E-state index contributed by atoms with van der Waals surface area (Å²) in [5.41, 5.74) is 0. The van der Waals surface area contributed by atoms with Gasteiger partial charge in [0, 0.05) is 216 Å². The molecule has 0 aromatic rings. The van der Waals surface area contributed by atoms with Crippen molar-refractivity contribution in [2.45, 2.75) is 0 Å². The quantitative estimate of drug-likeness (QED) is 0.351. The molecule has 0 unspecified atom stereocenters. The molecular formula is Al3Y5. The third-order valence-corrected chi connectivity index (χ3v) is 0. The minimum Gasteiger partial charge on any atom is 0 e. The Labute approximate surface area is 209 Å². The van der Waals surface area contributed by atoms with Crippen LogP contribution in [0.15, 0.2) is 0 Å². The van der Waals surface area contributed by atoms with E-state index in [1.165, 1.54) is 0 Å². The molecule has 0 nitrogen and oxygen atoms in total. The molecule has 0 amide bonds. The van der Waals surface area contributed by atoms with Gasteiger partial charge in [0.15, 0.2) is 0 Å². The van der Waals surface area contributed by atoms with E-state index in [9.17, 15) is 0 Å². The minimum atomic E-state index is 0. The number of hydrogen-bond acceptors (Lipinski definition) is 0. The first kappa shape index (κ1) is 59.5. The van der Waals surface area contributed by atoms with Gasteiger partial charge in [-0.25, -0.2) is 0 Å². The van der Waals surface area contributed by atoms with E-state index in [4.69, 9.17) is 0 Å². The molecule has 0 bridgehead atoms. The molecule has 0 atom stereocenters. The van der Waals surface area contributed by atoms with Crippen LogP contribution in [0.1, 0.15) is 0 Å². The molecule has 0 rings (SSSR count). The largest absolute Gasteiger partial charge is 0 e. The number of hydrogen-bond donors (Lipinski definition) is 0. The topological polar surface area (TPSA) is 0 Å². The molecular weight excluding hydrogens is 525 g/mol. The third-order valence-electron chi connectivity index (χ3n) is 0. The van der Waals surface area contributed by atoms with Gasteiger partial charge in [0.25, 0.3) is 0 Å². The van der Waals surface area contributed by atoms with Gasteiger partial charge in [-0.15, -0.1) is 0 Å². The van der Waals surface area contributed by atoms with Gasteiger partial charge in [-0.2, -0.15) is 0 Å². The summed E-state index contributed by atoms with van der Waals surface area (Å²) in [4.78, 5) is 0. The van der Waals surface area contributed by atoms with Gasteiger partial charge in [0.2, 0.25) is 0 Å². The van der Waals surface area contributed by atoms with Crippen LogP contribution in [-0.4, -0.2) is 52.1 Å². The first-order valence-corrected chi connectivity index (χ1v) is 0. The van der Waals surface area contributed by atoms with Crippen LogP contribution in [0.2, 0.25) is 0 Å². The molecule has 0 aliphatic heterocycles. The van der Waals surface area contributed by atoms with Gasteiger partial charge < -0.3 is 0 Å². The zero-order valence-corrected chi connectivity index (χ0v) is 22.3. The van der Waals surface area contributed by atoms with Crippen molar-refractivity contribution in [1.82, 2.24) is 0 Å². The Morgan fingerprint density at radius 1 is 0.250 bits per heavy atom. The van der Waals surface area contributed by atoms with E-state index in [1.54, 1.807) is 0 Å². The summed E-state index contributed by atoms with van der Waals surface area (Å²) in [5, 5.41) is 0. The van der Waals surface area contributed by atoms with Crippen LogP contribution in [0, 0.1) is 0 Å². The van der Waals surface area contributed by atoms with E-state index in [0.29, 0.717) is 0 Å². The fourth-order valence-corrected chi connectivity index (χ4v) is 0. The van der Waals surface area contributed by atoms with Crippen LogP contribution in [0.3, 0.4) is 0 Å². The fourth-order valence-electron chi connectivity index (χ4n) is 0. The van der Waals surface area contributed by atoms with Crippen molar-refractivity contribution in [1.29, 1.82) is 0 Å².